The molecule has 5 rings (SSSR count). The highest BCUT2D eigenvalue weighted by atomic mass is 19.1. The number of amides is 1. The number of carbonyl (C=O) groups is 2. The quantitative estimate of drug-likeness (QED) is 0.738. The Kier molecular flexibility index (Phi) is 4.79. The Morgan fingerprint density at radius 2 is 2.07 bits per heavy atom. The molecule has 1 saturated heterocycles. The van der Waals surface area contributed by atoms with Gasteiger partial charge in [0.1, 0.15) is 17.6 Å². The number of aliphatic carboxylic acids is 1. The summed E-state index contributed by atoms with van der Waals surface area (Å²) in [6.45, 7) is 3.29. The van der Waals surface area contributed by atoms with E-state index in [0.29, 0.717) is 37.7 Å². The van der Waals surface area contributed by atoms with Crippen LogP contribution in [0.2, 0.25) is 0 Å². The number of rotatable bonds is 6. The molecular formula is C24H30FNO4. The van der Waals surface area contributed by atoms with Crippen molar-refractivity contribution in [1.29, 1.82) is 0 Å². The van der Waals surface area contributed by atoms with Crippen molar-refractivity contribution in [3.8, 4) is 5.75 Å². The third-order valence-corrected chi connectivity index (χ3v) is 7.96. The molecule has 5 nitrogen and oxygen atoms in total. The van der Waals surface area contributed by atoms with Crippen LogP contribution >= 0.6 is 0 Å². The molecule has 162 valence electrons. The Balaban J connectivity index is 1.38. The van der Waals surface area contributed by atoms with Crippen LogP contribution in [0.3, 0.4) is 0 Å². The fraction of sp³-hybridized carbons (Fsp3) is 0.667. The van der Waals surface area contributed by atoms with Crippen molar-refractivity contribution in [1.82, 2.24) is 4.90 Å². The van der Waals surface area contributed by atoms with Crippen LogP contribution in [0.15, 0.2) is 12.1 Å². The summed E-state index contributed by atoms with van der Waals surface area (Å²) in [5.74, 6) is 0.171. The van der Waals surface area contributed by atoms with Crippen LogP contribution in [0, 0.1) is 23.1 Å². The van der Waals surface area contributed by atoms with E-state index in [4.69, 9.17) is 4.74 Å². The van der Waals surface area contributed by atoms with E-state index in [1.165, 1.54) is 36.6 Å². The number of hydrogen-bond donors (Lipinski definition) is 1. The molecule has 1 aliphatic heterocycles. The molecule has 0 aromatic heterocycles. The molecule has 1 aromatic carbocycles. The lowest BCUT2D eigenvalue weighted by Gasteiger charge is -2.45. The maximum absolute atomic E-state index is 15.0. The largest absolute Gasteiger partial charge is 0.493 e. The van der Waals surface area contributed by atoms with Crippen molar-refractivity contribution in [2.75, 3.05) is 13.2 Å². The first-order chi connectivity index (χ1) is 14.4. The smallest absolute Gasteiger partial charge is 0.326 e. The topological polar surface area (TPSA) is 66.8 Å². The van der Waals surface area contributed by atoms with Crippen LogP contribution in [0.4, 0.5) is 4.39 Å². The number of nitrogens with zero attached hydrogens (tertiary/aromatic N) is 1. The van der Waals surface area contributed by atoms with Crippen molar-refractivity contribution in [3.05, 3.63) is 29.1 Å². The van der Waals surface area contributed by atoms with E-state index in [2.05, 4.69) is 6.92 Å². The Labute approximate surface area is 176 Å². The number of benzene rings is 1. The normalized spacial score (nSPS) is 32.6. The predicted molar refractivity (Wildman–Crippen MR) is 109 cm³/mol. The van der Waals surface area contributed by atoms with Crippen molar-refractivity contribution in [3.63, 3.8) is 0 Å². The first-order valence-corrected chi connectivity index (χ1v) is 11.4. The molecule has 6 heteroatoms. The van der Waals surface area contributed by atoms with E-state index in [9.17, 15) is 14.7 Å². The summed E-state index contributed by atoms with van der Waals surface area (Å²) in [6.07, 6.45) is 7.98. The van der Waals surface area contributed by atoms with Crippen molar-refractivity contribution in [2.45, 2.75) is 70.3 Å². The zero-order valence-corrected chi connectivity index (χ0v) is 17.5. The minimum Gasteiger partial charge on any atom is -0.493 e. The highest BCUT2D eigenvalue weighted by Gasteiger charge is 2.52. The number of halogens is 1. The first kappa shape index (κ1) is 19.8. The van der Waals surface area contributed by atoms with Gasteiger partial charge in [-0.1, -0.05) is 6.92 Å². The molecular weight excluding hydrogens is 385 g/mol. The van der Waals surface area contributed by atoms with E-state index in [0.717, 1.165) is 30.2 Å². The van der Waals surface area contributed by atoms with Crippen LogP contribution in [0.25, 0.3) is 0 Å². The van der Waals surface area contributed by atoms with Gasteiger partial charge in [0.15, 0.2) is 0 Å². The van der Waals surface area contributed by atoms with E-state index in [-0.39, 0.29) is 11.0 Å². The summed E-state index contributed by atoms with van der Waals surface area (Å²) >= 11 is 0. The summed E-state index contributed by atoms with van der Waals surface area (Å²) in [6, 6.07) is 2.14. The number of ether oxygens (including phenoxy) is 1. The molecule has 1 heterocycles. The maximum atomic E-state index is 15.0. The van der Waals surface area contributed by atoms with Gasteiger partial charge in [0.05, 0.1) is 12.2 Å². The molecule has 1 N–H and O–H groups in total. The minimum absolute atomic E-state index is 0.0217. The fourth-order valence-corrected chi connectivity index (χ4v) is 6.12. The summed E-state index contributed by atoms with van der Waals surface area (Å²) in [7, 11) is 0. The third kappa shape index (κ3) is 3.28. The Hall–Kier alpha value is -2.11. The van der Waals surface area contributed by atoms with Gasteiger partial charge in [-0.2, -0.15) is 0 Å². The van der Waals surface area contributed by atoms with Crippen molar-refractivity contribution in [2.24, 2.45) is 17.3 Å². The molecule has 30 heavy (non-hydrogen) atoms. The number of fused-ring (bicyclic) bond motifs is 1. The molecule has 4 aliphatic rings. The van der Waals surface area contributed by atoms with Gasteiger partial charge in [0, 0.05) is 18.0 Å². The van der Waals surface area contributed by atoms with Gasteiger partial charge in [-0.25, -0.2) is 9.18 Å². The lowest BCUT2D eigenvalue weighted by Crippen LogP contribution is -2.41. The molecule has 1 aromatic rings. The van der Waals surface area contributed by atoms with Gasteiger partial charge in [-0.3, -0.25) is 4.79 Å². The fourth-order valence-electron chi connectivity index (χ4n) is 6.12. The summed E-state index contributed by atoms with van der Waals surface area (Å²) in [5.41, 5.74) is 1.13. The second kappa shape index (κ2) is 7.24. The van der Waals surface area contributed by atoms with Crippen LogP contribution < -0.4 is 4.74 Å². The Morgan fingerprint density at radius 1 is 1.27 bits per heavy atom. The van der Waals surface area contributed by atoms with E-state index >= 15 is 4.39 Å². The summed E-state index contributed by atoms with van der Waals surface area (Å²) in [4.78, 5) is 25.7. The Bertz CT molecular complexity index is 882. The number of hydrogen-bond acceptors (Lipinski definition) is 3. The maximum Gasteiger partial charge on any atom is 0.326 e. The summed E-state index contributed by atoms with van der Waals surface area (Å²) in [5, 5.41) is 9.38. The monoisotopic (exact) mass is 415 g/mol. The standard InChI is InChI=1S/C24H30FNO4/c1-14-9-16-6-7-24(16,12-14)13-30-21-11-19(25)18(10-17(21)15-4-5-15)22(27)26-8-2-3-20(26)23(28)29/h10-11,14-16,20H,2-9,12-13H2,1H3,(H,28,29). The predicted octanol–water partition coefficient (Wildman–Crippen LogP) is 4.60. The van der Waals surface area contributed by atoms with Crippen LogP contribution in [0.1, 0.15) is 80.1 Å². The highest BCUT2D eigenvalue weighted by molar-refractivity contribution is 5.97. The van der Waals surface area contributed by atoms with Crippen LogP contribution in [-0.4, -0.2) is 41.1 Å². The first-order valence-electron chi connectivity index (χ1n) is 11.4. The average Bonchev–Trinajstić information content (AvgIpc) is 3.37. The van der Waals surface area contributed by atoms with Gasteiger partial charge in [0.2, 0.25) is 0 Å². The molecule has 0 spiro atoms. The number of likely N-dealkylation sites (tertiary alicyclic amines) is 1. The molecule has 4 fully saturated rings. The third-order valence-electron chi connectivity index (χ3n) is 7.96. The molecule has 0 radical (unpaired) electrons. The second-order valence-electron chi connectivity index (χ2n) is 10.1. The van der Waals surface area contributed by atoms with Crippen LogP contribution in [0.5, 0.6) is 5.75 Å². The number of carbonyl (C=O) groups excluding carboxylic acids is 1. The summed E-state index contributed by atoms with van der Waals surface area (Å²) < 4.78 is 21.3. The molecule has 3 aliphatic carbocycles. The lowest BCUT2D eigenvalue weighted by molar-refractivity contribution is -0.141. The van der Waals surface area contributed by atoms with E-state index < -0.39 is 23.7 Å². The van der Waals surface area contributed by atoms with Gasteiger partial charge >= 0.3 is 5.97 Å². The van der Waals surface area contributed by atoms with Crippen molar-refractivity contribution < 1.29 is 23.8 Å². The molecule has 3 saturated carbocycles. The molecule has 0 bridgehead atoms. The number of carboxylic acid groups (broad SMARTS) is 1. The zero-order valence-electron chi connectivity index (χ0n) is 17.5. The lowest BCUT2D eigenvalue weighted by atomic mass is 9.62. The zero-order chi connectivity index (χ0) is 21.0. The van der Waals surface area contributed by atoms with Gasteiger partial charge in [-0.15, -0.1) is 0 Å². The highest BCUT2D eigenvalue weighted by Crippen LogP contribution is 2.59. The number of carboxylic acids is 1. The van der Waals surface area contributed by atoms with Crippen molar-refractivity contribution >= 4 is 11.9 Å². The van der Waals surface area contributed by atoms with Gasteiger partial charge in [0.25, 0.3) is 5.91 Å². The second-order valence-corrected chi connectivity index (χ2v) is 10.1. The SMILES string of the molecule is CC1CC2CCC2(COc2cc(F)c(C(=O)N3CCCC3C(=O)O)cc2C2CC2)C1. The van der Waals surface area contributed by atoms with Gasteiger partial charge < -0.3 is 14.7 Å². The van der Waals surface area contributed by atoms with Crippen LogP contribution in [-0.2, 0) is 4.79 Å². The Morgan fingerprint density at radius 3 is 2.70 bits per heavy atom. The van der Waals surface area contributed by atoms with Gasteiger partial charge in [-0.05, 0) is 80.8 Å². The molecule has 1 amide bonds. The minimum atomic E-state index is -1.02. The van der Waals surface area contributed by atoms with E-state index in [1.54, 1.807) is 6.07 Å². The molecule has 4 unspecified atom stereocenters. The average molecular weight is 416 g/mol. The van der Waals surface area contributed by atoms with E-state index in [1.807, 2.05) is 0 Å². The molecule has 4 atom stereocenters.